The number of carbonyl (C=O) groups is 1. The smallest absolute Gasteiger partial charge is 0.306 e. The van der Waals surface area contributed by atoms with E-state index in [9.17, 15) is 96.7 Å². The molecule has 2 aliphatic rings. The molecule has 2 heterocycles. The molecule has 2 rings (SSSR count). The SMILES string of the molecule is C/C1=C/C(C)C(O)/C(C)=C\C(O[C@H]2OC(CO)[C@@H](O)[C@H](O)[C@@H]2O)C(O)C(C)C(O)CC(O)/C=C\C(C)C(O)C(C)CCC(O)CC(O)C(C)C(O)C(C)C(O)CC(O)CC(O)C(C)C(C(C)CCCCCCN)OC(=O)CCCCCC(O)C(C)C(O)CC/C=C\C(C)C1O. The average Bonchev–Trinajstić information content (AvgIpc) is 0.820. The molecule has 23 heteroatoms. The lowest BCUT2D eigenvalue weighted by atomic mass is 9.81. The highest BCUT2D eigenvalue weighted by molar-refractivity contribution is 5.69. The van der Waals surface area contributed by atoms with Gasteiger partial charge in [-0.2, -0.15) is 0 Å². The van der Waals surface area contributed by atoms with Crippen LogP contribution in [0.5, 0.6) is 0 Å². The van der Waals surface area contributed by atoms with Gasteiger partial charge in [-0.15, -0.1) is 0 Å². The highest BCUT2D eigenvalue weighted by atomic mass is 16.7. The van der Waals surface area contributed by atoms with Crippen molar-refractivity contribution in [3.8, 4) is 0 Å². The minimum Gasteiger partial charge on any atom is -0.462 e. The van der Waals surface area contributed by atoms with Crippen LogP contribution in [0.1, 0.15) is 199 Å². The van der Waals surface area contributed by atoms with E-state index in [0.29, 0.717) is 57.1 Å². The van der Waals surface area contributed by atoms with Crippen LogP contribution in [0.3, 0.4) is 0 Å². The van der Waals surface area contributed by atoms with Crippen LogP contribution in [-0.2, 0) is 19.0 Å². The first-order chi connectivity index (χ1) is 44.5. The van der Waals surface area contributed by atoms with E-state index in [2.05, 4.69) is 0 Å². The molecule has 558 valence electrons. The molecule has 0 radical (unpaired) electrons. The molecule has 1 saturated heterocycles. The van der Waals surface area contributed by atoms with Gasteiger partial charge in [-0.05, 0) is 114 Å². The number of nitrogens with two attached hydrogens (primary N) is 1. The maximum atomic E-state index is 13.5. The second kappa shape index (κ2) is 45.5. The number of unbranched alkanes of at least 4 members (excludes halogenated alkanes) is 3. The van der Waals surface area contributed by atoms with Gasteiger partial charge in [-0.1, -0.05) is 138 Å². The summed E-state index contributed by atoms with van der Waals surface area (Å²) in [6.45, 7) is 20.3. The third kappa shape index (κ3) is 30.4. The molecule has 0 spiro atoms. The topological polar surface area (TPSA) is 435 Å². The number of hydrogen-bond donors (Lipinski definition) is 19. The number of aliphatic hydroxyl groups is 18. The summed E-state index contributed by atoms with van der Waals surface area (Å²) in [7, 11) is 0. The molecule has 0 aliphatic carbocycles. The molecule has 27 unspecified atom stereocenters. The summed E-state index contributed by atoms with van der Waals surface area (Å²) in [6.07, 6.45) is -10.2. The number of rotatable bonds is 10. The average molecular weight is 1360 g/mol. The van der Waals surface area contributed by atoms with Gasteiger partial charge in [0.15, 0.2) is 6.29 Å². The molecule has 95 heavy (non-hydrogen) atoms. The summed E-state index contributed by atoms with van der Waals surface area (Å²) >= 11 is 0. The highest BCUT2D eigenvalue weighted by Crippen LogP contribution is 2.33. The summed E-state index contributed by atoms with van der Waals surface area (Å²) in [5, 5.41) is 200. The van der Waals surface area contributed by atoms with E-state index in [-0.39, 0.29) is 55.9 Å². The predicted molar refractivity (Wildman–Crippen MR) is 362 cm³/mol. The maximum Gasteiger partial charge on any atom is 0.306 e. The van der Waals surface area contributed by atoms with Crippen molar-refractivity contribution in [2.45, 2.75) is 327 Å². The Morgan fingerprint density at radius 3 is 1.67 bits per heavy atom. The Kier molecular flexibility index (Phi) is 42.4. The van der Waals surface area contributed by atoms with E-state index in [0.717, 1.165) is 32.1 Å². The minimum absolute atomic E-state index is 0.104. The minimum atomic E-state index is -1.87. The molecular formula is C72H133NO22. The monoisotopic (exact) mass is 1360 g/mol. The van der Waals surface area contributed by atoms with Crippen molar-refractivity contribution in [3.05, 3.63) is 47.6 Å². The van der Waals surface area contributed by atoms with Crippen molar-refractivity contribution in [2.75, 3.05) is 13.2 Å². The van der Waals surface area contributed by atoms with Crippen LogP contribution in [-0.4, -0.2) is 239 Å². The zero-order valence-corrected chi connectivity index (χ0v) is 59.3. The van der Waals surface area contributed by atoms with Gasteiger partial charge in [0.1, 0.15) is 36.6 Å². The normalized spacial score (nSPS) is 44.3. The number of ether oxygens (including phenoxy) is 3. The molecule has 0 amide bonds. The molecule has 2 aliphatic heterocycles. The summed E-state index contributed by atoms with van der Waals surface area (Å²) in [5.74, 6) is -6.35. The fourth-order valence-electron chi connectivity index (χ4n) is 13.2. The van der Waals surface area contributed by atoms with Crippen molar-refractivity contribution in [1.82, 2.24) is 0 Å². The third-order valence-corrected chi connectivity index (χ3v) is 20.8. The first-order valence-corrected chi connectivity index (χ1v) is 35.6. The van der Waals surface area contributed by atoms with Gasteiger partial charge >= 0.3 is 5.97 Å². The number of carbonyl (C=O) groups excluding carboxylic acids is 1. The zero-order valence-electron chi connectivity index (χ0n) is 59.3. The van der Waals surface area contributed by atoms with E-state index in [1.54, 1.807) is 74.5 Å². The van der Waals surface area contributed by atoms with E-state index < -0.39 is 188 Å². The molecular weight excluding hydrogens is 1230 g/mol. The number of hydrogen-bond acceptors (Lipinski definition) is 23. The first-order valence-electron chi connectivity index (χ1n) is 35.6. The van der Waals surface area contributed by atoms with E-state index in [4.69, 9.17) is 19.9 Å². The Hall–Kier alpha value is -2.41. The molecule has 23 nitrogen and oxygen atoms in total. The van der Waals surface area contributed by atoms with Crippen molar-refractivity contribution in [3.63, 3.8) is 0 Å². The van der Waals surface area contributed by atoms with Crippen LogP contribution < -0.4 is 5.73 Å². The van der Waals surface area contributed by atoms with Crippen LogP contribution >= 0.6 is 0 Å². The van der Waals surface area contributed by atoms with Crippen LogP contribution in [0.2, 0.25) is 0 Å². The number of cyclic esters (lactones) is 1. The van der Waals surface area contributed by atoms with Gasteiger partial charge in [0, 0.05) is 60.2 Å². The molecule has 20 N–H and O–H groups in total. The maximum absolute atomic E-state index is 13.5. The lowest BCUT2D eigenvalue weighted by molar-refractivity contribution is -0.314. The molecule has 1 fully saturated rings. The Morgan fingerprint density at radius 2 is 1.06 bits per heavy atom. The lowest BCUT2D eigenvalue weighted by Gasteiger charge is -2.41. The third-order valence-electron chi connectivity index (χ3n) is 20.8. The predicted octanol–water partition coefficient (Wildman–Crippen LogP) is 3.50. The molecule has 0 aromatic heterocycles. The van der Waals surface area contributed by atoms with Gasteiger partial charge in [0.2, 0.25) is 0 Å². The van der Waals surface area contributed by atoms with E-state index in [1.165, 1.54) is 19.1 Å². The van der Waals surface area contributed by atoms with Crippen LogP contribution in [0.4, 0.5) is 0 Å². The fourth-order valence-corrected chi connectivity index (χ4v) is 13.2. The Bertz CT molecular complexity index is 2190. The number of esters is 1. The molecule has 31 atom stereocenters. The second-order valence-corrected chi connectivity index (χ2v) is 29.0. The fraction of sp³-hybridized carbons (Fsp3) is 0.875. The summed E-state index contributed by atoms with van der Waals surface area (Å²) < 4.78 is 17.8. The highest BCUT2D eigenvalue weighted by Gasteiger charge is 2.46. The molecule has 0 aromatic rings. The van der Waals surface area contributed by atoms with Crippen molar-refractivity contribution in [2.24, 2.45) is 64.9 Å². The van der Waals surface area contributed by atoms with Crippen LogP contribution in [0.15, 0.2) is 47.6 Å². The van der Waals surface area contributed by atoms with Gasteiger partial charge in [0.25, 0.3) is 0 Å². The second-order valence-electron chi connectivity index (χ2n) is 29.0. The standard InChI is InChI=1S/C72H133NO22/c1-39-22-19-20-25-55(79)46(8)54(78)24-17-15-18-26-62(84)95-71(42(4)23-16-13-14-21-31-73)50(12)59(83)37-53(77)36-58(82)48(10)66(88)47(9)56(80)34-51(75)29-27-40(2)63(85)41(3)28-30-52(76)35-57(81)49(11)67(89)60(33-45(7)65(87)44(6)32-43(5)64(39)86)93-72-70(92)69(91)68(90)61(38-74)94-72/h19,22,28,30,32-33,39-42,44,46-61,63-72,74-83,85-92H,13-18,20-21,23-27,29,31,34-38,73H2,1-12H3/b22-19-,30-28-,43-32-,45-33-/t39?,40?,41?,42?,44?,46?,47?,48?,49?,50?,51?,52?,53?,54?,55?,56?,57?,58?,59?,60?,61?,63?,64?,65?,66?,67?,68-,69+,70+,71?,72+/m1/s1. The van der Waals surface area contributed by atoms with Crippen LogP contribution in [0, 0.1) is 59.2 Å². The van der Waals surface area contributed by atoms with Crippen molar-refractivity contribution >= 4 is 5.97 Å². The molecule has 0 saturated carbocycles. The van der Waals surface area contributed by atoms with Crippen molar-refractivity contribution < 1.29 is 111 Å². The van der Waals surface area contributed by atoms with E-state index >= 15 is 0 Å². The quantitative estimate of drug-likeness (QED) is 0.0845. The summed E-state index contributed by atoms with van der Waals surface area (Å²) in [5.41, 5.74) is 6.49. The zero-order chi connectivity index (χ0) is 72.1. The summed E-state index contributed by atoms with van der Waals surface area (Å²) in [6, 6.07) is 0. The van der Waals surface area contributed by atoms with Crippen molar-refractivity contribution in [1.29, 1.82) is 0 Å². The van der Waals surface area contributed by atoms with E-state index in [1.807, 2.05) is 26.0 Å². The Balaban J connectivity index is 2.44. The van der Waals surface area contributed by atoms with Gasteiger partial charge in [0.05, 0.1) is 92.1 Å². The Morgan fingerprint density at radius 1 is 0.516 bits per heavy atom. The van der Waals surface area contributed by atoms with Crippen LogP contribution in [0.25, 0.3) is 0 Å². The lowest BCUT2D eigenvalue weighted by Crippen LogP contribution is -2.60. The number of allylic oxidation sites excluding steroid dienone is 1. The number of aliphatic hydroxyl groups excluding tert-OH is 18. The van der Waals surface area contributed by atoms with Gasteiger partial charge < -0.3 is 112 Å². The largest absolute Gasteiger partial charge is 0.462 e. The van der Waals surface area contributed by atoms with Gasteiger partial charge in [-0.3, -0.25) is 4.79 Å². The summed E-state index contributed by atoms with van der Waals surface area (Å²) in [4.78, 5) is 13.5. The molecule has 0 bridgehead atoms. The molecule has 0 aromatic carbocycles. The Labute approximate surface area is 567 Å². The van der Waals surface area contributed by atoms with Gasteiger partial charge in [-0.25, -0.2) is 0 Å². The first kappa shape index (κ1) is 88.7.